The zero-order valence-corrected chi connectivity index (χ0v) is 15.1. The van der Waals surface area contributed by atoms with E-state index in [-0.39, 0.29) is 0 Å². The molecule has 2 aliphatic rings. The average molecular weight is 331 g/mol. The lowest BCUT2D eigenvalue weighted by atomic mass is 9.86. The fourth-order valence-corrected chi connectivity index (χ4v) is 4.35. The second-order valence-electron chi connectivity index (χ2n) is 7.75. The molecule has 2 saturated carbocycles. The molecule has 3 rings (SSSR count). The molecule has 0 amide bonds. The molecule has 0 unspecified atom stereocenters. The quantitative estimate of drug-likeness (QED) is 0.741. The molecule has 2 N–H and O–H groups in total. The second-order valence-corrected chi connectivity index (χ2v) is 7.75. The Morgan fingerprint density at radius 2 is 1.29 bits per heavy atom. The van der Waals surface area contributed by atoms with Gasteiger partial charge in [0, 0.05) is 6.07 Å². The third-order valence-corrected chi connectivity index (χ3v) is 5.82. The molecule has 0 bridgehead atoms. The Kier molecular flexibility index (Phi) is 6.80. The summed E-state index contributed by atoms with van der Waals surface area (Å²) in [5, 5.41) is 0. The average Bonchev–Trinajstić information content (AvgIpc) is 2.51. The van der Waals surface area contributed by atoms with Crippen LogP contribution < -0.4 is 10.5 Å². The van der Waals surface area contributed by atoms with E-state index >= 15 is 0 Å². The predicted octanol–water partition coefficient (Wildman–Crippen LogP) is 5.98. The van der Waals surface area contributed by atoms with Crippen molar-refractivity contribution in [2.45, 2.75) is 102 Å². The first-order chi connectivity index (χ1) is 11.8. The molecule has 2 fully saturated rings. The van der Waals surface area contributed by atoms with E-state index in [4.69, 9.17) is 10.5 Å². The summed E-state index contributed by atoms with van der Waals surface area (Å²) in [6.07, 6.45) is 18.6. The molecular weight excluding hydrogens is 296 g/mol. The molecule has 0 saturated heterocycles. The van der Waals surface area contributed by atoms with E-state index in [1.165, 1.54) is 82.6 Å². The lowest BCUT2D eigenvalue weighted by Gasteiger charge is -2.23. The van der Waals surface area contributed by atoms with Gasteiger partial charge < -0.3 is 10.5 Å². The van der Waals surface area contributed by atoms with Crippen LogP contribution in [-0.2, 0) is 0 Å². The molecule has 134 valence electrons. The van der Waals surface area contributed by atoms with Crippen LogP contribution in [-0.4, -0.2) is 11.1 Å². The maximum absolute atomic E-state index is 6.31. The zero-order valence-electron chi connectivity index (χ0n) is 15.1. The maximum atomic E-state index is 6.31. The predicted molar refractivity (Wildman–Crippen MR) is 100 cm³/mol. The standard InChI is InChI=1S/C21H34N2O/c22-21-19(17-11-7-3-1-4-8-12-17)15-16-20(23-21)24-18-13-9-5-2-6-10-14-18/h15-18H,1-14H2,(H2,22,23). The molecule has 1 aromatic heterocycles. The normalized spacial score (nSPS) is 22.2. The van der Waals surface area contributed by atoms with Crippen molar-refractivity contribution >= 4 is 5.82 Å². The number of pyridine rings is 1. The van der Waals surface area contributed by atoms with Gasteiger partial charge in [-0.1, -0.05) is 51.4 Å². The van der Waals surface area contributed by atoms with E-state index in [1.54, 1.807) is 0 Å². The van der Waals surface area contributed by atoms with Gasteiger partial charge in [-0.25, -0.2) is 0 Å². The fraction of sp³-hybridized carbons (Fsp3) is 0.762. The maximum Gasteiger partial charge on any atom is 0.215 e. The molecule has 1 aromatic rings. The topological polar surface area (TPSA) is 48.1 Å². The summed E-state index contributed by atoms with van der Waals surface area (Å²) in [6, 6.07) is 4.25. The zero-order chi connectivity index (χ0) is 16.6. The van der Waals surface area contributed by atoms with Crippen LogP contribution in [0.3, 0.4) is 0 Å². The van der Waals surface area contributed by atoms with Crippen LogP contribution in [0.5, 0.6) is 5.88 Å². The van der Waals surface area contributed by atoms with Gasteiger partial charge in [0.2, 0.25) is 5.88 Å². The van der Waals surface area contributed by atoms with Crippen LogP contribution in [0, 0.1) is 0 Å². The number of rotatable bonds is 3. The van der Waals surface area contributed by atoms with Crippen LogP contribution in [0.1, 0.15) is 101 Å². The Morgan fingerprint density at radius 3 is 1.88 bits per heavy atom. The molecule has 0 aliphatic heterocycles. The number of nitrogen functional groups attached to an aromatic ring is 1. The van der Waals surface area contributed by atoms with Gasteiger partial charge in [-0.15, -0.1) is 0 Å². The summed E-state index contributed by atoms with van der Waals surface area (Å²) >= 11 is 0. The number of hydrogen-bond donors (Lipinski definition) is 1. The van der Waals surface area contributed by atoms with Gasteiger partial charge in [0.15, 0.2) is 0 Å². The summed E-state index contributed by atoms with van der Waals surface area (Å²) in [6.45, 7) is 0. The number of nitrogens with zero attached hydrogens (tertiary/aromatic N) is 1. The molecule has 0 atom stereocenters. The Balaban J connectivity index is 1.62. The SMILES string of the molecule is Nc1nc(OC2CCCCCCC2)ccc1C1CCCCCCC1. The third-order valence-electron chi connectivity index (χ3n) is 5.82. The monoisotopic (exact) mass is 330 g/mol. The van der Waals surface area contributed by atoms with Crippen molar-refractivity contribution in [2.24, 2.45) is 0 Å². The minimum atomic E-state index is 0.324. The molecule has 0 aromatic carbocycles. The summed E-state index contributed by atoms with van der Waals surface area (Å²) in [7, 11) is 0. The number of aromatic nitrogens is 1. The van der Waals surface area contributed by atoms with Crippen LogP contribution in [0.4, 0.5) is 5.82 Å². The van der Waals surface area contributed by atoms with Gasteiger partial charge in [-0.05, 0) is 56.1 Å². The van der Waals surface area contributed by atoms with E-state index in [1.807, 2.05) is 0 Å². The van der Waals surface area contributed by atoms with Crippen molar-refractivity contribution in [1.29, 1.82) is 0 Å². The van der Waals surface area contributed by atoms with Crippen molar-refractivity contribution in [1.82, 2.24) is 4.98 Å². The van der Waals surface area contributed by atoms with Crippen molar-refractivity contribution < 1.29 is 4.74 Å². The molecule has 2 aliphatic carbocycles. The second kappa shape index (κ2) is 9.29. The molecular formula is C21H34N2O. The molecule has 0 spiro atoms. The minimum absolute atomic E-state index is 0.324. The first kappa shape index (κ1) is 17.6. The van der Waals surface area contributed by atoms with Gasteiger partial charge in [-0.3, -0.25) is 0 Å². The lowest BCUT2D eigenvalue weighted by Crippen LogP contribution is -2.19. The Labute approximate surface area is 147 Å². The Morgan fingerprint density at radius 1 is 0.750 bits per heavy atom. The van der Waals surface area contributed by atoms with Crippen LogP contribution in [0.2, 0.25) is 0 Å². The molecule has 3 heteroatoms. The Bertz CT molecular complexity index is 487. The van der Waals surface area contributed by atoms with Gasteiger partial charge in [0.1, 0.15) is 11.9 Å². The van der Waals surface area contributed by atoms with Gasteiger partial charge in [0.25, 0.3) is 0 Å². The van der Waals surface area contributed by atoms with Crippen LogP contribution in [0.25, 0.3) is 0 Å². The van der Waals surface area contributed by atoms with E-state index in [2.05, 4.69) is 17.1 Å². The fourth-order valence-electron chi connectivity index (χ4n) is 4.35. The highest BCUT2D eigenvalue weighted by atomic mass is 16.5. The lowest BCUT2D eigenvalue weighted by molar-refractivity contribution is 0.160. The van der Waals surface area contributed by atoms with Crippen molar-refractivity contribution in [3.63, 3.8) is 0 Å². The van der Waals surface area contributed by atoms with Crippen LogP contribution >= 0.6 is 0 Å². The summed E-state index contributed by atoms with van der Waals surface area (Å²) in [5.41, 5.74) is 7.56. The number of anilines is 1. The van der Waals surface area contributed by atoms with Crippen molar-refractivity contribution in [3.8, 4) is 5.88 Å². The minimum Gasteiger partial charge on any atom is -0.474 e. The van der Waals surface area contributed by atoms with Crippen molar-refractivity contribution in [3.05, 3.63) is 17.7 Å². The van der Waals surface area contributed by atoms with Crippen LogP contribution in [0.15, 0.2) is 12.1 Å². The molecule has 24 heavy (non-hydrogen) atoms. The summed E-state index contributed by atoms with van der Waals surface area (Å²) in [5.74, 6) is 2.02. The Hall–Kier alpha value is -1.25. The van der Waals surface area contributed by atoms with Gasteiger partial charge in [-0.2, -0.15) is 4.98 Å². The third kappa shape index (κ3) is 5.12. The highest BCUT2D eigenvalue weighted by Crippen LogP contribution is 2.34. The number of hydrogen-bond acceptors (Lipinski definition) is 3. The van der Waals surface area contributed by atoms with E-state index in [0.29, 0.717) is 17.8 Å². The van der Waals surface area contributed by atoms with Gasteiger partial charge >= 0.3 is 0 Å². The van der Waals surface area contributed by atoms with Gasteiger partial charge in [0.05, 0.1) is 0 Å². The van der Waals surface area contributed by atoms with Crippen molar-refractivity contribution in [2.75, 3.05) is 5.73 Å². The number of ether oxygens (including phenoxy) is 1. The smallest absolute Gasteiger partial charge is 0.215 e. The highest BCUT2D eigenvalue weighted by molar-refractivity contribution is 5.44. The number of nitrogens with two attached hydrogens (primary N) is 1. The molecule has 0 radical (unpaired) electrons. The van der Waals surface area contributed by atoms with E-state index in [0.717, 1.165) is 18.7 Å². The summed E-state index contributed by atoms with van der Waals surface area (Å²) in [4.78, 5) is 4.61. The molecule has 1 heterocycles. The first-order valence-corrected chi connectivity index (χ1v) is 10.3. The van der Waals surface area contributed by atoms with E-state index in [9.17, 15) is 0 Å². The first-order valence-electron chi connectivity index (χ1n) is 10.3. The molecule has 3 nitrogen and oxygen atoms in total. The largest absolute Gasteiger partial charge is 0.474 e. The van der Waals surface area contributed by atoms with E-state index < -0.39 is 0 Å². The highest BCUT2D eigenvalue weighted by Gasteiger charge is 2.19. The summed E-state index contributed by atoms with van der Waals surface area (Å²) < 4.78 is 6.17.